The van der Waals surface area contributed by atoms with Crippen molar-refractivity contribution in [2.45, 2.75) is 39.5 Å². The van der Waals surface area contributed by atoms with E-state index in [2.05, 4.69) is 13.8 Å². The molecule has 0 spiro atoms. The van der Waals surface area contributed by atoms with E-state index in [0.717, 1.165) is 17.8 Å². The monoisotopic (exact) mass is 138 g/mol. The van der Waals surface area contributed by atoms with Crippen molar-refractivity contribution in [3.05, 3.63) is 0 Å². The molecule has 2 saturated carbocycles. The van der Waals surface area contributed by atoms with Crippen molar-refractivity contribution in [1.29, 1.82) is 0 Å². The van der Waals surface area contributed by atoms with E-state index in [1.165, 1.54) is 12.3 Å². The maximum Gasteiger partial charge on any atom is -0.0354 e. The van der Waals surface area contributed by atoms with Crippen molar-refractivity contribution < 1.29 is 0 Å². The van der Waals surface area contributed by atoms with Gasteiger partial charge in [0.15, 0.2) is 0 Å². The molecule has 0 radical (unpaired) electrons. The van der Waals surface area contributed by atoms with Gasteiger partial charge >= 0.3 is 0 Å². The van der Waals surface area contributed by atoms with Crippen molar-refractivity contribution in [3.63, 3.8) is 0 Å². The molecule has 0 aliphatic heterocycles. The third-order valence-corrected chi connectivity index (χ3v) is 3.52. The first-order valence-corrected chi connectivity index (χ1v) is 4.81. The normalized spacial score (nSPS) is 52.2. The van der Waals surface area contributed by atoms with Gasteiger partial charge in [-0.1, -0.05) is 20.3 Å². The topological polar surface area (TPSA) is 0 Å². The number of hydrogen-bond acceptors (Lipinski definition) is 0. The Labute approximate surface area is 64.0 Å². The number of hydrogen-bond donors (Lipinski definition) is 0. The lowest BCUT2D eigenvalue weighted by molar-refractivity contribution is 0.177. The summed E-state index contributed by atoms with van der Waals surface area (Å²) in [5.41, 5.74) is 0. The Bertz CT molecular complexity index is 122. The Morgan fingerprint density at radius 3 is 2.30 bits per heavy atom. The number of rotatable bonds is 2. The Kier molecular flexibility index (Phi) is 1.51. The van der Waals surface area contributed by atoms with Gasteiger partial charge in [-0.2, -0.15) is 0 Å². The molecule has 0 aromatic heterocycles. The molecule has 0 nitrogen and oxygen atoms in total. The summed E-state index contributed by atoms with van der Waals surface area (Å²) in [7, 11) is 0. The molecule has 0 heterocycles. The fourth-order valence-corrected chi connectivity index (χ4v) is 2.63. The minimum atomic E-state index is 1.06. The van der Waals surface area contributed by atoms with E-state index >= 15 is 0 Å². The first-order valence-electron chi connectivity index (χ1n) is 4.81. The summed E-state index contributed by atoms with van der Waals surface area (Å²) in [5, 5.41) is 0. The SMILES string of the molecule is CCC1CC1C1CC(C)C1. The highest BCUT2D eigenvalue weighted by Crippen LogP contribution is 2.54. The van der Waals surface area contributed by atoms with E-state index < -0.39 is 0 Å². The zero-order valence-corrected chi connectivity index (χ0v) is 7.14. The van der Waals surface area contributed by atoms with E-state index in [4.69, 9.17) is 0 Å². The van der Waals surface area contributed by atoms with Crippen molar-refractivity contribution in [1.82, 2.24) is 0 Å². The molecule has 2 rings (SSSR count). The van der Waals surface area contributed by atoms with Gasteiger partial charge in [-0.25, -0.2) is 0 Å². The summed E-state index contributed by atoms with van der Waals surface area (Å²) in [4.78, 5) is 0. The van der Waals surface area contributed by atoms with Crippen LogP contribution in [-0.2, 0) is 0 Å². The van der Waals surface area contributed by atoms with Crippen LogP contribution in [0.5, 0.6) is 0 Å². The second kappa shape index (κ2) is 2.25. The van der Waals surface area contributed by atoms with Crippen LogP contribution in [0.25, 0.3) is 0 Å². The van der Waals surface area contributed by atoms with E-state index in [-0.39, 0.29) is 0 Å². The summed E-state index contributed by atoms with van der Waals surface area (Å²) in [6.45, 7) is 4.73. The lowest BCUT2D eigenvalue weighted by Crippen LogP contribution is -2.23. The minimum Gasteiger partial charge on any atom is -0.0651 e. The minimum absolute atomic E-state index is 1.06. The van der Waals surface area contributed by atoms with Crippen LogP contribution >= 0.6 is 0 Å². The Morgan fingerprint density at radius 1 is 1.20 bits per heavy atom. The molecule has 0 aromatic rings. The maximum atomic E-state index is 2.39. The van der Waals surface area contributed by atoms with Gasteiger partial charge in [-0.05, 0) is 42.9 Å². The Balaban J connectivity index is 1.73. The second-order valence-electron chi connectivity index (χ2n) is 4.40. The third kappa shape index (κ3) is 0.980. The summed E-state index contributed by atoms with van der Waals surface area (Å²) >= 11 is 0. The summed E-state index contributed by atoms with van der Waals surface area (Å²) in [5.74, 6) is 4.52. The lowest BCUT2D eigenvalue weighted by atomic mass is 9.73. The van der Waals surface area contributed by atoms with Crippen LogP contribution in [0.3, 0.4) is 0 Å². The van der Waals surface area contributed by atoms with Crippen LogP contribution in [0, 0.1) is 23.7 Å². The largest absolute Gasteiger partial charge is 0.0651 e. The first-order chi connectivity index (χ1) is 4.81. The molecule has 0 saturated heterocycles. The Morgan fingerprint density at radius 2 is 1.90 bits per heavy atom. The molecule has 2 aliphatic rings. The van der Waals surface area contributed by atoms with Crippen LogP contribution in [0.1, 0.15) is 39.5 Å². The molecule has 10 heavy (non-hydrogen) atoms. The van der Waals surface area contributed by atoms with Crippen molar-refractivity contribution in [2.24, 2.45) is 23.7 Å². The van der Waals surface area contributed by atoms with Gasteiger partial charge in [-0.3, -0.25) is 0 Å². The average Bonchev–Trinajstić information content (AvgIpc) is 2.59. The zero-order valence-electron chi connectivity index (χ0n) is 7.14. The van der Waals surface area contributed by atoms with Gasteiger partial charge in [0, 0.05) is 0 Å². The van der Waals surface area contributed by atoms with E-state index in [1.807, 2.05) is 0 Å². The molecule has 2 fully saturated rings. The highest BCUT2D eigenvalue weighted by molar-refractivity contribution is 4.95. The fourth-order valence-electron chi connectivity index (χ4n) is 2.63. The van der Waals surface area contributed by atoms with Crippen molar-refractivity contribution in [3.8, 4) is 0 Å². The van der Waals surface area contributed by atoms with Gasteiger partial charge in [0.25, 0.3) is 0 Å². The summed E-state index contributed by atoms with van der Waals surface area (Å²) in [6.07, 6.45) is 6.09. The smallest absolute Gasteiger partial charge is 0.0354 e. The van der Waals surface area contributed by atoms with E-state index in [9.17, 15) is 0 Å². The first kappa shape index (κ1) is 6.69. The van der Waals surface area contributed by atoms with Gasteiger partial charge < -0.3 is 0 Å². The van der Waals surface area contributed by atoms with Crippen LogP contribution in [0.2, 0.25) is 0 Å². The van der Waals surface area contributed by atoms with Crippen molar-refractivity contribution in [2.75, 3.05) is 0 Å². The highest BCUT2D eigenvalue weighted by Gasteiger charge is 2.45. The fraction of sp³-hybridized carbons (Fsp3) is 1.00. The molecule has 0 aromatic carbocycles. The van der Waals surface area contributed by atoms with Crippen LogP contribution in [-0.4, -0.2) is 0 Å². The molecule has 0 N–H and O–H groups in total. The standard InChI is InChI=1S/C10H18/c1-3-8-6-10(8)9-4-7(2)5-9/h7-10H,3-6H2,1-2H3. The third-order valence-electron chi connectivity index (χ3n) is 3.52. The molecule has 58 valence electrons. The lowest BCUT2D eigenvalue weighted by Gasteiger charge is -2.33. The van der Waals surface area contributed by atoms with Crippen LogP contribution < -0.4 is 0 Å². The van der Waals surface area contributed by atoms with Gasteiger partial charge in [0.2, 0.25) is 0 Å². The average molecular weight is 138 g/mol. The molecular weight excluding hydrogens is 120 g/mol. The Hall–Kier alpha value is 0. The molecule has 2 atom stereocenters. The molecule has 2 aliphatic carbocycles. The van der Waals surface area contributed by atoms with Gasteiger partial charge in [-0.15, -0.1) is 0 Å². The van der Waals surface area contributed by atoms with Crippen LogP contribution in [0.15, 0.2) is 0 Å². The van der Waals surface area contributed by atoms with E-state index in [0.29, 0.717) is 0 Å². The second-order valence-corrected chi connectivity index (χ2v) is 4.40. The molecule has 0 heteroatoms. The molecule has 0 amide bonds. The summed E-state index contributed by atoms with van der Waals surface area (Å²) < 4.78 is 0. The van der Waals surface area contributed by atoms with Crippen molar-refractivity contribution >= 4 is 0 Å². The molecule has 2 unspecified atom stereocenters. The maximum absolute atomic E-state index is 2.39. The van der Waals surface area contributed by atoms with Crippen LogP contribution in [0.4, 0.5) is 0 Å². The molecule has 0 bridgehead atoms. The highest BCUT2D eigenvalue weighted by atomic mass is 14.5. The van der Waals surface area contributed by atoms with Gasteiger partial charge in [0.1, 0.15) is 0 Å². The van der Waals surface area contributed by atoms with Gasteiger partial charge in [0.05, 0.1) is 0 Å². The zero-order chi connectivity index (χ0) is 7.14. The quantitative estimate of drug-likeness (QED) is 0.550. The molecular formula is C10H18. The predicted molar refractivity (Wildman–Crippen MR) is 43.8 cm³/mol. The summed E-state index contributed by atoms with van der Waals surface area (Å²) in [6, 6.07) is 0. The van der Waals surface area contributed by atoms with E-state index in [1.54, 1.807) is 19.3 Å². The predicted octanol–water partition coefficient (Wildman–Crippen LogP) is 3.08.